The van der Waals surface area contributed by atoms with Crippen LogP contribution >= 0.6 is 0 Å². The molecule has 0 saturated carbocycles. The third kappa shape index (κ3) is 4.19. The zero-order valence-electron chi connectivity index (χ0n) is 11.1. The van der Waals surface area contributed by atoms with Crippen LogP contribution in [0.5, 0.6) is 0 Å². The molecule has 0 atom stereocenters. The van der Waals surface area contributed by atoms with Gasteiger partial charge >= 0.3 is 0 Å². The highest BCUT2D eigenvalue weighted by Crippen LogP contribution is 2.17. The molecular weight excluding hydrogens is 310 g/mol. The number of benzene rings is 1. The molecule has 110 valence electrons. The van der Waals surface area contributed by atoms with Crippen LogP contribution in [0.1, 0.15) is 0 Å². The maximum Gasteiger partial charge on any atom is 0.175 e. The van der Waals surface area contributed by atoms with Crippen LogP contribution in [0.15, 0.2) is 69.8 Å². The molecule has 0 heterocycles. The van der Waals surface area contributed by atoms with Gasteiger partial charge in [0.05, 0.1) is 4.90 Å². The van der Waals surface area contributed by atoms with Gasteiger partial charge in [-0.25, -0.2) is 16.8 Å². The summed E-state index contributed by atoms with van der Waals surface area (Å²) in [5.41, 5.74) is 4.00. The summed E-state index contributed by atoms with van der Waals surface area (Å²) in [6.07, 6.45) is 7.38. The third-order valence-corrected chi connectivity index (χ3v) is 4.48. The van der Waals surface area contributed by atoms with E-state index in [0.717, 1.165) is 6.26 Å². The summed E-state index contributed by atoms with van der Waals surface area (Å²) >= 11 is 0. The van der Waals surface area contributed by atoms with Crippen molar-refractivity contribution in [1.29, 1.82) is 0 Å². The lowest BCUT2D eigenvalue weighted by atomic mass is 10.3. The van der Waals surface area contributed by atoms with Gasteiger partial charge in [-0.3, -0.25) is 0 Å². The first-order valence-electron chi connectivity index (χ1n) is 5.93. The maximum absolute atomic E-state index is 11.4. The number of nitrogens with one attached hydrogen (secondary N) is 1. The number of sulfone groups is 1. The van der Waals surface area contributed by atoms with Crippen molar-refractivity contribution in [3.63, 3.8) is 0 Å². The van der Waals surface area contributed by atoms with Crippen LogP contribution < -0.4 is 5.32 Å². The topological polar surface area (TPSA) is 80.3 Å². The maximum atomic E-state index is 11.4. The van der Waals surface area contributed by atoms with Gasteiger partial charge < -0.3 is 5.32 Å². The standard InChI is InChI=1S/C14H13NO4S2/c1-21(18,19)14-9-6-12(7-10-14)15-11-3-2-4-13(8-5-11)20(16)17/h2-3,5-10,15,20H,1H3. The zero-order valence-corrected chi connectivity index (χ0v) is 12.8. The lowest BCUT2D eigenvalue weighted by Gasteiger charge is -2.07. The van der Waals surface area contributed by atoms with Gasteiger partial charge in [0, 0.05) is 17.6 Å². The van der Waals surface area contributed by atoms with Gasteiger partial charge in [-0.05, 0) is 48.6 Å². The van der Waals surface area contributed by atoms with Crippen molar-refractivity contribution in [3.8, 4) is 0 Å². The van der Waals surface area contributed by atoms with E-state index in [9.17, 15) is 16.8 Å². The molecule has 7 heteroatoms. The van der Waals surface area contributed by atoms with Crippen molar-refractivity contribution >= 4 is 26.2 Å². The monoisotopic (exact) mass is 323 g/mol. The SMILES string of the molecule is CS(=O)(=O)c1ccc(NC2=CC=C=C([SH](=O)=O)C=C2)cc1. The van der Waals surface area contributed by atoms with Crippen LogP contribution in [0.4, 0.5) is 5.69 Å². The molecule has 1 aliphatic carbocycles. The first-order chi connectivity index (χ1) is 9.86. The molecule has 0 amide bonds. The van der Waals surface area contributed by atoms with Crippen LogP contribution in [0, 0.1) is 0 Å². The Morgan fingerprint density at radius 2 is 1.76 bits per heavy atom. The molecule has 5 nitrogen and oxygen atoms in total. The highest BCUT2D eigenvalue weighted by atomic mass is 32.2. The first-order valence-corrected chi connectivity index (χ1v) is 9.00. The van der Waals surface area contributed by atoms with E-state index in [4.69, 9.17) is 0 Å². The summed E-state index contributed by atoms with van der Waals surface area (Å²) in [4.78, 5) is 0.344. The minimum atomic E-state index is -3.22. The van der Waals surface area contributed by atoms with Gasteiger partial charge in [0.15, 0.2) is 20.5 Å². The first kappa shape index (κ1) is 15.3. The van der Waals surface area contributed by atoms with Gasteiger partial charge in [-0.15, -0.1) is 5.73 Å². The summed E-state index contributed by atoms with van der Waals surface area (Å²) in [5, 5.41) is 3.06. The Kier molecular flexibility index (Phi) is 4.47. The van der Waals surface area contributed by atoms with Gasteiger partial charge in [-0.1, -0.05) is 0 Å². The predicted octanol–water partition coefficient (Wildman–Crippen LogP) is 1.61. The molecule has 0 spiro atoms. The molecule has 0 bridgehead atoms. The van der Waals surface area contributed by atoms with E-state index in [0.29, 0.717) is 11.4 Å². The van der Waals surface area contributed by atoms with Crippen LogP contribution in [0.25, 0.3) is 0 Å². The van der Waals surface area contributed by atoms with E-state index in [2.05, 4.69) is 11.0 Å². The van der Waals surface area contributed by atoms with Crippen LogP contribution in [0.3, 0.4) is 0 Å². The summed E-state index contributed by atoms with van der Waals surface area (Å²) in [7, 11) is -5.89. The Balaban J connectivity index is 2.16. The van der Waals surface area contributed by atoms with Crippen molar-refractivity contribution in [2.45, 2.75) is 4.90 Å². The Bertz CT molecular complexity index is 843. The quantitative estimate of drug-likeness (QED) is 0.650. The van der Waals surface area contributed by atoms with E-state index in [1.807, 2.05) is 0 Å². The molecule has 0 fully saturated rings. The molecule has 21 heavy (non-hydrogen) atoms. The number of anilines is 1. The fraction of sp³-hybridized carbons (Fsp3) is 0.0714. The molecule has 0 saturated heterocycles. The third-order valence-electron chi connectivity index (χ3n) is 2.68. The molecule has 1 aromatic carbocycles. The average Bonchev–Trinajstić information content (AvgIpc) is 2.64. The summed E-state index contributed by atoms with van der Waals surface area (Å²) < 4.78 is 44.5. The molecule has 0 radical (unpaired) electrons. The molecule has 1 aromatic rings. The van der Waals surface area contributed by atoms with Crippen molar-refractivity contribution in [2.75, 3.05) is 11.6 Å². The zero-order chi connectivity index (χ0) is 15.5. The normalized spacial score (nSPS) is 14.6. The lowest BCUT2D eigenvalue weighted by Crippen LogP contribution is -1.99. The molecule has 0 aliphatic heterocycles. The predicted molar refractivity (Wildman–Crippen MR) is 82.3 cm³/mol. The molecule has 1 N–H and O–H groups in total. The highest BCUT2D eigenvalue weighted by molar-refractivity contribution is 7.90. The molecule has 0 aromatic heterocycles. The minimum absolute atomic E-state index is 0.102. The highest BCUT2D eigenvalue weighted by Gasteiger charge is 2.06. The molecule has 0 unspecified atom stereocenters. The van der Waals surface area contributed by atoms with E-state index < -0.39 is 20.5 Å². The lowest BCUT2D eigenvalue weighted by molar-refractivity contribution is 0.602. The minimum Gasteiger partial charge on any atom is -0.356 e. The second-order valence-corrected chi connectivity index (χ2v) is 7.34. The number of allylic oxidation sites excluding steroid dienone is 3. The van der Waals surface area contributed by atoms with E-state index in [-0.39, 0.29) is 9.80 Å². The van der Waals surface area contributed by atoms with Crippen LogP contribution in [-0.2, 0) is 20.5 Å². The summed E-state index contributed by atoms with van der Waals surface area (Å²) in [6.45, 7) is 0. The second kappa shape index (κ2) is 6.13. The van der Waals surface area contributed by atoms with Crippen molar-refractivity contribution in [1.82, 2.24) is 0 Å². The Morgan fingerprint density at radius 3 is 2.33 bits per heavy atom. The van der Waals surface area contributed by atoms with Crippen molar-refractivity contribution in [2.24, 2.45) is 0 Å². The van der Waals surface area contributed by atoms with Gasteiger partial charge in [0.25, 0.3) is 0 Å². The van der Waals surface area contributed by atoms with Crippen LogP contribution in [0.2, 0.25) is 0 Å². The number of rotatable bonds is 4. The van der Waals surface area contributed by atoms with E-state index in [1.165, 1.54) is 24.3 Å². The number of hydrogen-bond acceptors (Lipinski definition) is 5. The van der Waals surface area contributed by atoms with Crippen molar-refractivity contribution < 1.29 is 16.8 Å². The molecular formula is C14H13NO4S2. The van der Waals surface area contributed by atoms with E-state index in [1.54, 1.807) is 24.3 Å². The Labute approximate surface area is 124 Å². The fourth-order valence-electron chi connectivity index (χ4n) is 1.64. The van der Waals surface area contributed by atoms with Crippen molar-refractivity contribution in [3.05, 3.63) is 64.9 Å². The van der Waals surface area contributed by atoms with E-state index >= 15 is 0 Å². The van der Waals surface area contributed by atoms with Gasteiger partial charge in [-0.2, -0.15) is 0 Å². The summed E-state index contributed by atoms with van der Waals surface area (Å²) in [5.74, 6) is 0. The van der Waals surface area contributed by atoms with Gasteiger partial charge in [0.1, 0.15) is 4.91 Å². The summed E-state index contributed by atoms with van der Waals surface area (Å²) in [6, 6.07) is 6.30. The average molecular weight is 323 g/mol. The molecule has 1 aliphatic rings. The Hall–Kier alpha value is -2.08. The molecule has 2 rings (SSSR count). The number of thiol groups is 1. The second-order valence-electron chi connectivity index (χ2n) is 4.33. The number of hydrogen-bond donors (Lipinski definition) is 2. The van der Waals surface area contributed by atoms with Gasteiger partial charge in [0.2, 0.25) is 0 Å². The fourth-order valence-corrected chi connectivity index (χ4v) is 2.64. The smallest absolute Gasteiger partial charge is 0.175 e. The van der Waals surface area contributed by atoms with Crippen LogP contribution in [-0.4, -0.2) is 23.1 Å². The largest absolute Gasteiger partial charge is 0.356 e. The Morgan fingerprint density at radius 1 is 1.10 bits per heavy atom.